The maximum atomic E-state index is 12.7. The Kier molecular flexibility index (Phi) is 6.20. The summed E-state index contributed by atoms with van der Waals surface area (Å²) in [4.78, 5) is 26.4. The van der Waals surface area contributed by atoms with Gasteiger partial charge in [-0.15, -0.1) is 0 Å². The molecule has 1 aromatic carbocycles. The van der Waals surface area contributed by atoms with Crippen LogP contribution < -0.4 is 16.4 Å². The Morgan fingerprint density at radius 3 is 2.71 bits per heavy atom. The second kappa shape index (κ2) is 8.15. The first-order valence-electron chi connectivity index (χ1n) is 8.59. The summed E-state index contributed by atoms with van der Waals surface area (Å²) in [7, 11) is 0. The number of urea groups is 1. The molecule has 0 spiro atoms. The highest BCUT2D eigenvalue weighted by Crippen LogP contribution is 2.21. The average Bonchev–Trinajstić information content (AvgIpc) is 2.53. The van der Waals surface area contributed by atoms with Gasteiger partial charge in [-0.05, 0) is 57.7 Å². The highest BCUT2D eigenvalue weighted by molar-refractivity contribution is 5.97. The van der Waals surface area contributed by atoms with Crippen LogP contribution >= 0.6 is 0 Å². The van der Waals surface area contributed by atoms with E-state index in [0.717, 1.165) is 19.4 Å². The number of carbonyl (C=O) groups is 2. The van der Waals surface area contributed by atoms with Gasteiger partial charge in [0, 0.05) is 36.4 Å². The third kappa shape index (κ3) is 4.96. The SMILES string of the molecule is CC(C)NC(=O)Nc1cccc(C(=O)N2CCCC(C(C)N)C2)c1. The van der Waals surface area contributed by atoms with Gasteiger partial charge < -0.3 is 21.3 Å². The van der Waals surface area contributed by atoms with Gasteiger partial charge in [-0.3, -0.25) is 4.79 Å². The van der Waals surface area contributed by atoms with E-state index in [0.29, 0.717) is 23.7 Å². The number of hydrogen-bond acceptors (Lipinski definition) is 3. The lowest BCUT2D eigenvalue weighted by Crippen LogP contribution is -2.45. The molecule has 0 saturated carbocycles. The summed E-state index contributed by atoms with van der Waals surface area (Å²) in [5.41, 5.74) is 7.19. The first-order chi connectivity index (χ1) is 11.4. The molecule has 1 saturated heterocycles. The van der Waals surface area contributed by atoms with E-state index in [9.17, 15) is 9.59 Å². The molecule has 1 aliphatic rings. The van der Waals surface area contributed by atoms with E-state index in [1.807, 2.05) is 25.7 Å². The predicted octanol–water partition coefficient (Wildman–Crippen LogP) is 2.42. The first-order valence-corrected chi connectivity index (χ1v) is 8.59. The number of likely N-dealkylation sites (tertiary alicyclic amines) is 1. The Balaban J connectivity index is 2.04. The van der Waals surface area contributed by atoms with E-state index in [1.165, 1.54) is 0 Å². The minimum absolute atomic E-state index is 0.00623. The number of carbonyl (C=O) groups excluding carboxylic acids is 2. The minimum atomic E-state index is -0.274. The van der Waals surface area contributed by atoms with Crippen LogP contribution in [-0.2, 0) is 0 Å². The van der Waals surface area contributed by atoms with Crippen LogP contribution in [0.5, 0.6) is 0 Å². The van der Waals surface area contributed by atoms with Crippen molar-refractivity contribution in [3.63, 3.8) is 0 Å². The molecule has 2 unspecified atom stereocenters. The second-order valence-electron chi connectivity index (χ2n) is 6.85. The smallest absolute Gasteiger partial charge is 0.319 e. The third-order valence-electron chi connectivity index (χ3n) is 4.28. The molecule has 132 valence electrons. The molecule has 24 heavy (non-hydrogen) atoms. The van der Waals surface area contributed by atoms with Crippen molar-refractivity contribution in [2.75, 3.05) is 18.4 Å². The second-order valence-corrected chi connectivity index (χ2v) is 6.85. The number of benzene rings is 1. The summed E-state index contributed by atoms with van der Waals surface area (Å²) >= 11 is 0. The van der Waals surface area contributed by atoms with Crippen LogP contribution in [0.1, 0.15) is 44.0 Å². The van der Waals surface area contributed by atoms with Gasteiger partial charge in [0.15, 0.2) is 0 Å². The number of hydrogen-bond donors (Lipinski definition) is 3. The predicted molar refractivity (Wildman–Crippen MR) is 96.0 cm³/mol. The van der Waals surface area contributed by atoms with E-state index in [-0.39, 0.29) is 24.0 Å². The van der Waals surface area contributed by atoms with E-state index in [1.54, 1.807) is 24.3 Å². The van der Waals surface area contributed by atoms with Crippen molar-refractivity contribution in [1.29, 1.82) is 0 Å². The molecule has 0 aliphatic carbocycles. The maximum Gasteiger partial charge on any atom is 0.319 e. The molecule has 1 heterocycles. The molecule has 0 radical (unpaired) electrons. The number of piperidine rings is 1. The van der Waals surface area contributed by atoms with Crippen molar-refractivity contribution < 1.29 is 9.59 Å². The molecule has 4 N–H and O–H groups in total. The van der Waals surface area contributed by atoms with Gasteiger partial charge in [-0.25, -0.2) is 4.79 Å². The van der Waals surface area contributed by atoms with Crippen LogP contribution in [0.2, 0.25) is 0 Å². The van der Waals surface area contributed by atoms with Gasteiger partial charge in [-0.1, -0.05) is 6.07 Å². The molecule has 0 bridgehead atoms. The van der Waals surface area contributed by atoms with E-state index in [2.05, 4.69) is 10.6 Å². The molecule has 0 aromatic heterocycles. The van der Waals surface area contributed by atoms with E-state index in [4.69, 9.17) is 5.73 Å². The zero-order valence-corrected chi connectivity index (χ0v) is 14.7. The highest BCUT2D eigenvalue weighted by Gasteiger charge is 2.26. The summed E-state index contributed by atoms with van der Waals surface area (Å²) in [6, 6.07) is 6.93. The molecule has 6 nitrogen and oxygen atoms in total. The minimum Gasteiger partial charge on any atom is -0.338 e. The van der Waals surface area contributed by atoms with Crippen molar-refractivity contribution in [3.05, 3.63) is 29.8 Å². The third-order valence-corrected chi connectivity index (χ3v) is 4.28. The van der Waals surface area contributed by atoms with Gasteiger partial charge in [0.1, 0.15) is 0 Å². The number of rotatable bonds is 4. The number of anilines is 1. The molecule has 1 fully saturated rings. The maximum absolute atomic E-state index is 12.7. The topological polar surface area (TPSA) is 87.5 Å². The van der Waals surface area contributed by atoms with Gasteiger partial charge in [0.05, 0.1) is 0 Å². The molecule has 6 heteroatoms. The molecule has 2 rings (SSSR count). The lowest BCUT2D eigenvalue weighted by atomic mass is 9.92. The fraction of sp³-hybridized carbons (Fsp3) is 0.556. The standard InChI is InChI=1S/C18H28N4O2/c1-12(2)20-18(24)21-16-8-4-6-14(10-16)17(23)22-9-5-7-15(11-22)13(3)19/h4,6,8,10,12-13,15H,5,7,9,11,19H2,1-3H3,(H2,20,21,24). The summed E-state index contributed by atoms with van der Waals surface area (Å²) in [5, 5.41) is 5.52. The first kappa shape index (κ1) is 18.3. The van der Waals surface area contributed by atoms with E-state index >= 15 is 0 Å². The van der Waals surface area contributed by atoms with Crippen molar-refractivity contribution >= 4 is 17.6 Å². The molecule has 1 aromatic rings. The normalized spacial score (nSPS) is 19.0. The van der Waals surface area contributed by atoms with Crippen LogP contribution in [0.4, 0.5) is 10.5 Å². The molecule has 3 amide bonds. The summed E-state index contributed by atoms with van der Waals surface area (Å²) in [6.45, 7) is 7.24. The summed E-state index contributed by atoms with van der Waals surface area (Å²) in [5.74, 6) is 0.342. The largest absolute Gasteiger partial charge is 0.338 e. The van der Waals surface area contributed by atoms with Crippen LogP contribution in [0.25, 0.3) is 0 Å². The number of nitrogens with two attached hydrogens (primary N) is 1. The highest BCUT2D eigenvalue weighted by atomic mass is 16.2. The van der Waals surface area contributed by atoms with Crippen molar-refractivity contribution in [1.82, 2.24) is 10.2 Å². The number of nitrogens with one attached hydrogen (secondary N) is 2. The Hall–Kier alpha value is -2.08. The number of amides is 3. The van der Waals surface area contributed by atoms with Gasteiger partial charge in [0.2, 0.25) is 0 Å². The number of nitrogens with zero attached hydrogens (tertiary/aromatic N) is 1. The fourth-order valence-electron chi connectivity index (χ4n) is 2.97. The Morgan fingerprint density at radius 2 is 2.04 bits per heavy atom. The van der Waals surface area contributed by atoms with Crippen molar-refractivity contribution in [3.8, 4) is 0 Å². The van der Waals surface area contributed by atoms with E-state index < -0.39 is 0 Å². The summed E-state index contributed by atoms with van der Waals surface area (Å²) in [6.07, 6.45) is 2.05. The van der Waals surface area contributed by atoms with Crippen LogP contribution in [0.15, 0.2) is 24.3 Å². The van der Waals surface area contributed by atoms with Crippen molar-refractivity contribution in [2.45, 2.75) is 45.7 Å². The van der Waals surface area contributed by atoms with Crippen LogP contribution in [0.3, 0.4) is 0 Å². The van der Waals surface area contributed by atoms with Gasteiger partial charge in [-0.2, -0.15) is 0 Å². The fourth-order valence-corrected chi connectivity index (χ4v) is 2.97. The zero-order chi connectivity index (χ0) is 17.7. The van der Waals surface area contributed by atoms with Gasteiger partial charge >= 0.3 is 6.03 Å². The molecular formula is C18H28N4O2. The molecular weight excluding hydrogens is 304 g/mol. The summed E-state index contributed by atoms with van der Waals surface area (Å²) < 4.78 is 0. The molecule has 2 atom stereocenters. The Labute approximate surface area is 143 Å². The van der Waals surface area contributed by atoms with Crippen LogP contribution in [-0.4, -0.2) is 42.0 Å². The monoisotopic (exact) mass is 332 g/mol. The molecule has 1 aliphatic heterocycles. The lowest BCUT2D eigenvalue weighted by molar-refractivity contribution is 0.0661. The quantitative estimate of drug-likeness (QED) is 0.791. The van der Waals surface area contributed by atoms with Crippen molar-refractivity contribution in [2.24, 2.45) is 11.7 Å². The average molecular weight is 332 g/mol. The zero-order valence-electron chi connectivity index (χ0n) is 14.7. The van der Waals surface area contributed by atoms with Gasteiger partial charge in [0.25, 0.3) is 5.91 Å². The Bertz CT molecular complexity index is 586. The lowest BCUT2D eigenvalue weighted by Gasteiger charge is -2.34. The Morgan fingerprint density at radius 1 is 1.29 bits per heavy atom. The van der Waals surface area contributed by atoms with Crippen LogP contribution in [0, 0.1) is 5.92 Å².